The smallest absolute Gasteiger partial charge is 0.238 e. The van der Waals surface area contributed by atoms with Gasteiger partial charge in [0.2, 0.25) is 17.6 Å². The maximum absolute atomic E-state index is 12.5. The minimum Gasteiger partial charge on any atom is -0.497 e. The summed E-state index contributed by atoms with van der Waals surface area (Å²) in [6, 6.07) is 15.7. The first-order valence-corrected chi connectivity index (χ1v) is 11.1. The predicted octanol–water partition coefficient (Wildman–Crippen LogP) is 4.69. The van der Waals surface area contributed by atoms with Crippen LogP contribution in [0.2, 0.25) is 0 Å². The van der Waals surface area contributed by atoms with Gasteiger partial charge in [0.1, 0.15) is 5.75 Å². The monoisotopic (exact) mass is 434 g/mol. The van der Waals surface area contributed by atoms with Gasteiger partial charge in [0, 0.05) is 17.2 Å². The van der Waals surface area contributed by atoms with Gasteiger partial charge in [-0.05, 0) is 73.8 Å². The molecular weight excluding hydrogens is 404 g/mol. The third-order valence-corrected chi connectivity index (χ3v) is 5.93. The molecule has 0 saturated carbocycles. The number of amides is 1. The number of hydrogen-bond acceptors (Lipinski definition) is 6. The summed E-state index contributed by atoms with van der Waals surface area (Å²) in [6.07, 6.45) is 1.78. The number of likely N-dealkylation sites (tertiary alicyclic amines) is 1. The molecule has 0 spiro atoms. The Kier molecular flexibility index (Phi) is 6.85. The van der Waals surface area contributed by atoms with Gasteiger partial charge in [-0.25, -0.2) is 0 Å². The molecule has 0 unspecified atom stereocenters. The zero-order chi connectivity index (χ0) is 22.5. The Morgan fingerprint density at radius 2 is 1.94 bits per heavy atom. The Balaban J connectivity index is 1.28. The molecule has 0 bridgehead atoms. The van der Waals surface area contributed by atoms with E-state index in [0.29, 0.717) is 24.2 Å². The Morgan fingerprint density at radius 1 is 1.19 bits per heavy atom. The third kappa shape index (κ3) is 5.34. The van der Waals surface area contributed by atoms with E-state index in [1.165, 1.54) is 5.56 Å². The molecule has 2 aromatic carbocycles. The Bertz CT molecular complexity index is 1040. The fourth-order valence-corrected chi connectivity index (χ4v) is 3.98. The Labute approximate surface area is 188 Å². The van der Waals surface area contributed by atoms with Crippen LogP contribution in [-0.4, -0.2) is 47.7 Å². The van der Waals surface area contributed by atoms with E-state index in [0.717, 1.165) is 42.9 Å². The molecule has 2 heterocycles. The first kappa shape index (κ1) is 22.0. The lowest BCUT2D eigenvalue weighted by Gasteiger charge is -2.29. The summed E-state index contributed by atoms with van der Waals surface area (Å²) in [7, 11) is 1.64. The van der Waals surface area contributed by atoms with Crippen LogP contribution in [0.5, 0.6) is 5.75 Å². The summed E-state index contributed by atoms with van der Waals surface area (Å²) in [5.41, 5.74) is 2.97. The number of aromatic nitrogens is 2. The van der Waals surface area contributed by atoms with Crippen molar-refractivity contribution in [1.29, 1.82) is 0 Å². The highest BCUT2D eigenvalue weighted by molar-refractivity contribution is 5.92. The number of carbonyl (C=O) groups excluding carboxylic acids is 1. The van der Waals surface area contributed by atoms with Crippen LogP contribution in [0.4, 0.5) is 5.69 Å². The van der Waals surface area contributed by atoms with Crippen molar-refractivity contribution in [3.63, 3.8) is 0 Å². The van der Waals surface area contributed by atoms with E-state index in [1.807, 2.05) is 42.5 Å². The van der Waals surface area contributed by atoms with Crippen molar-refractivity contribution in [3.05, 3.63) is 60.0 Å². The molecule has 1 amide bonds. The highest BCUT2D eigenvalue weighted by atomic mass is 16.5. The first-order chi connectivity index (χ1) is 15.5. The second-order valence-corrected chi connectivity index (χ2v) is 8.56. The van der Waals surface area contributed by atoms with Crippen molar-refractivity contribution in [1.82, 2.24) is 15.0 Å². The molecule has 32 heavy (non-hydrogen) atoms. The lowest BCUT2D eigenvalue weighted by molar-refractivity contribution is -0.117. The number of rotatable bonds is 7. The fraction of sp³-hybridized carbons (Fsp3) is 0.400. The van der Waals surface area contributed by atoms with Gasteiger partial charge in [-0.1, -0.05) is 31.1 Å². The Hall–Kier alpha value is -3.19. The van der Waals surface area contributed by atoms with Crippen LogP contribution in [0.3, 0.4) is 0 Å². The quantitative estimate of drug-likeness (QED) is 0.581. The third-order valence-electron chi connectivity index (χ3n) is 5.93. The van der Waals surface area contributed by atoms with Crippen LogP contribution in [0, 0.1) is 0 Å². The van der Waals surface area contributed by atoms with E-state index in [1.54, 1.807) is 7.11 Å². The molecule has 1 aliphatic heterocycles. The van der Waals surface area contributed by atoms with Crippen LogP contribution in [0.1, 0.15) is 50.0 Å². The normalized spacial score (nSPS) is 15.1. The molecule has 168 valence electrons. The van der Waals surface area contributed by atoms with Crippen LogP contribution < -0.4 is 10.1 Å². The largest absolute Gasteiger partial charge is 0.497 e. The molecule has 1 aliphatic rings. The molecule has 1 fully saturated rings. The van der Waals surface area contributed by atoms with Crippen molar-refractivity contribution in [2.75, 3.05) is 32.1 Å². The number of anilines is 1. The number of carbonyl (C=O) groups is 1. The number of benzene rings is 2. The highest BCUT2D eigenvalue weighted by Gasteiger charge is 2.26. The fourth-order valence-electron chi connectivity index (χ4n) is 3.98. The van der Waals surface area contributed by atoms with Gasteiger partial charge < -0.3 is 14.6 Å². The SMILES string of the molecule is COc1ccc(-c2noc(C3CCN(CC(=O)Nc4cccc(C(C)C)c4)CC3)n2)cc1. The number of methoxy groups -OCH3 is 1. The summed E-state index contributed by atoms with van der Waals surface area (Å²) < 4.78 is 10.7. The standard InChI is InChI=1S/C25H30N4O3/c1-17(2)20-5-4-6-21(15-20)26-23(30)16-29-13-11-19(12-14-29)25-27-24(28-32-25)18-7-9-22(31-3)10-8-18/h4-10,15,17,19H,11-14,16H2,1-3H3,(H,26,30). The molecule has 0 aliphatic carbocycles. The van der Waals surface area contributed by atoms with Crippen molar-refractivity contribution in [2.45, 2.75) is 38.5 Å². The van der Waals surface area contributed by atoms with E-state index in [2.05, 4.69) is 40.3 Å². The zero-order valence-corrected chi connectivity index (χ0v) is 18.9. The molecule has 1 N–H and O–H groups in total. The molecule has 0 radical (unpaired) electrons. The van der Waals surface area contributed by atoms with E-state index >= 15 is 0 Å². The van der Waals surface area contributed by atoms with Crippen LogP contribution in [-0.2, 0) is 4.79 Å². The maximum Gasteiger partial charge on any atom is 0.238 e. The van der Waals surface area contributed by atoms with Gasteiger partial charge in [0.15, 0.2) is 0 Å². The molecule has 4 rings (SSSR count). The van der Waals surface area contributed by atoms with Gasteiger partial charge in [0.25, 0.3) is 0 Å². The summed E-state index contributed by atoms with van der Waals surface area (Å²) in [5.74, 6) is 2.72. The molecule has 1 saturated heterocycles. The summed E-state index contributed by atoms with van der Waals surface area (Å²) in [6.45, 7) is 6.33. The van der Waals surface area contributed by atoms with Crippen molar-refractivity contribution in [2.24, 2.45) is 0 Å². The van der Waals surface area contributed by atoms with Crippen molar-refractivity contribution < 1.29 is 14.1 Å². The number of ether oxygens (including phenoxy) is 1. The number of hydrogen-bond donors (Lipinski definition) is 1. The molecule has 7 nitrogen and oxygen atoms in total. The molecule has 3 aromatic rings. The lowest BCUT2D eigenvalue weighted by Crippen LogP contribution is -2.38. The predicted molar refractivity (Wildman–Crippen MR) is 124 cm³/mol. The van der Waals surface area contributed by atoms with Crippen LogP contribution >= 0.6 is 0 Å². The molecule has 7 heteroatoms. The van der Waals surface area contributed by atoms with Crippen molar-refractivity contribution >= 4 is 11.6 Å². The average Bonchev–Trinajstić information content (AvgIpc) is 3.30. The van der Waals surface area contributed by atoms with Crippen LogP contribution in [0.25, 0.3) is 11.4 Å². The van der Waals surface area contributed by atoms with Gasteiger partial charge in [-0.3, -0.25) is 9.69 Å². The zero-order valence-electron chi connectivity index (χ0n) is 18.9. The summed E-state index contributed by atoms with van der Waals surface area (Å²) in [4.78, 5) is 19.3. The van der Waals surface area contributed by atoms with E-state index in [4.69, 9.17) is 9.26 Å². The summed E-state index contributed by atoms with van der Waals surface area (Å²) >= 11 is 0. The van der Waals surface area contributed by atoms with E-state index in [9.17, 15) is 4.79 Å². The number of piperidine rings is 1. The topological polar surface area (TPSA) is 80.5 Å². The lowest BCUT2D eigenvalue weighted by atomic mass is 9.97. The van der Waals surface area contributed by atoms with E-state index in [-0.39, 0.29) is 11.8 Å². The number of nitrogens with one attached hydrogen (secondary N) is 1. The van der Waals surface area contributed by atoms with E-state index < -0.39 is 0 Å². The van der Waals surface area contributed by atoms with Gasteiger partial charge >= 0.3 is 0 Å². The minimum absolute atomic E-state index is 0.0175. The molecular formula is C25H30N4O3. The summed E-state index contributed by atoms with van der Waals surface area (Å²) in [5, 5.41) is 7.17. The highest BCUT2D eigenvalue weighted by Crippen LogP contribution is 2.29. The maximum atomic E-state index is 12.5. The second kappa shape index (κ2) is 9.96. The van der Waals surface area contributed by atoms with Crippen molar-refractivity contribution in [3.8, 4) is 17.1 Å². The Morgan fingerprint density at radius 3 is 2.62 bits per heavy atom. The molecule has 1 aromatic heterocycles. The first-order valence-electron chi connectivity index (χ1n) is 11.1. The van der Waals surface area contributed by atoms with Gasteiger partial charge in [0.05, 0.1) is 13.7 Å². The average molecular weight is 435 g/mol. The van der Waals surface area contributed by atoms with Gasteiger partial charge in [-0.15, -0.1) is 0 Å². The van der Waals surface area contributed by atoms with Gasteiger partial charge in [-0.2, -0.15) is 4.98 Å². The second-order valence-electron chi connectivity index (χ2n) is 8.56. The minimum atomic E-state index is 0.0175. The number of nitrogens with zero attached hydrogens (tertiary/aromatic N) is 3. The van der Waals surface area contributed by atoms with Crippen LogP contribution in [0.15, 0.2) is 53.1 Å². The molecule has 0 atom stereocenters.